The number of thiazole rings is 4. The summed E-state index contributed by atoms with van der Waals surface area (Å²) in [5.41, 5.74) is 20.2. The van der Waals surface area contributed by atoms with Gasteiger partial charge in [-0.1, -0.05) is 115 Å². The van der Waals surface area contributed by atoms with Crippen LogP contribution in [0.25, 0.3) is 57.9 Å². The lowest BCUT2D eigenvalue weighted by atomic mass is 9.97. The first-order chi connectivity index (χ1) is 68.7. The van der Waals surface area contributed by atoms with Crippen LogP contribution >= 0.6 is 69.6 Å². The summed E-state index contributed by atoms with van der Waals surface area (Å²) in [7, 11) is 0. The van der Waals surface area contributed by atoms with E-state index in [1.165, 1.54) is 51.7 Å². The van der Waals surface area contributed by atoms with Crippen molar-refractivity contribution in [2.75, 3.05) is 106 Å². The van der Waals surface area contributed by atoms with Crippen molar-refractivity contribution in [3.63, 3.8) is 0 Å². The summed E-state index contributed by atoms with van der Waals surface area (Å²) in [5.74, 6) is 0.762. The van der Waals surface area contributed by atoms with E-state index in [0.29, 0.717) is 62.7 Å². The van der Waals surface area contributed by atoms with Gasteiger partial charge >= 0.3 is 18.2 Å². The van der Waals surface area contributed by atoms with Crippen molar-refractivity contribution >= 4 is 169 Å². The van der Waals surface area contributed by atoms with Crippen LogP contribution in [0, 0.1) is 47.5 Å². The standard InChI is InChI=1S/2C25H27N5OS.C17H22N2O2S.C13H14ClN3O.C12H14N2S.C11H19NO4.C6H7NS/c2*1-17-24(18(2)30(28-17)20-8-4-3-5-9-20)27-23(31)16-29-14-12-19(13-15-29)25-26-21-10-6-7-11-22(21)32-25;1-17(2,3)21-16(20)19-10-8-12(9-11-19)15-18-13-6-4-5-7-14(13)22-15;1-9-13(15-12(18)8-14)10(2)17(16-9)11-6-4-3-5-7-11;1-2-4-11-10(3-1)14-12(15-11)9-5-7-13-8-6-9;1-11(2,3)16-10(15)12-6-4-8(5-7-12)9(13)14;7-5-3-1-2-4-6(5)8/h2*3-11,19H,12-16H2,1-2H3,(H,27,31);4-7,12H,8-11H2,1-3H3;3-7H,8H2,1-2H3,(H,15,18);1-4,9,13H,5-8H2;8H,4-7H2,1-3H3,(H,13,14);1-4,8H,7H2. The van der Waals surface area contributed by atoms with Crippen molar-refractivity contribution in [2.24, 2.45) is 5.92 Å². The molecule has 12 heterocycles. The highest BCUT2D eigenvalue weighted by Crippen LogP contribution is 2.40. The minimum atomic E-state index is -0.774. The third-order valence-corrected chi connectivity index (χ3v) is 30.7. The van der Waals surface area contributed by atoms with Gasteiger partial charge in [-0.05, 0) is 284 Å². The maximum Gasteiger partial charge on any atom is 0.410 e. The van der Waals surface area contributed by atoms with Gasteiger partial charge in [-0.2, -0.15) is 15.3 Å². The largest absolute Gasteiger partial charge is 0.481 e. The van der Waals surface area contributed by atoms with E-state index in [1.54, 1.807) is 43.6 Å². The van der Waals surface area contributed by atoms with Crippen LogP contribution in [0.15, 0.2) is 217 Å². The van der Waals surface area contributed by atoms with Gasteiger partial charge in [0.05, 0.1) is 148 Å². The number of para-hydroxylation sites is 8. The van der Waals surface area contributed by atoms with Gasteiger partial charge in [0.2, 0.25) is 17.7 Å². The Hall–Kier alpha value is -12.3. The summed E-state index contributed by atoms with van der Waals surface area (Å²) in [5, 5.41) is 39.8. The SMILES string of the molecule is CC(C)(C)OC(=O)N1CCC(C(=O)O)CC1.CC(C)(C)OC(=O)N1CCC(c2nc3ccccc3s2)CC1.Cc1nn(-c2ccccc2)c(C)c1NC(=O)CCl.Cc1nn(-c2ccccc2)c(C)c1NC(=O)CN1CCC(c2nc3ccccc3s2)CC1.Cc1nn(-c2ccccc2)c(C)c1NC(=O)CN1CCC(c2nc3ccccc3s2)CC1.Nc1ccccc1S.c1ccc2sc(C3CCNCC3)nc2c1. The molecule has 20 rings (SSSR count). The number of benzene rings is 8. The summed E-state index contributed by atoms with van der Waals surface area (Å²) in [6.45, 7) is 31.9. The van der Waals surface area contributed by atoms with E-state index < -0.39 is 17.2 Å². The molecular formula is C109H130ClN19O9S5. The average Bonchev–Trinajstić information content (AvgIpc) is 1.67. The molecule has 34 heteroatoms. The molecule has 5 aliphatic rings. The highest BCUT2D eigenvalue weighted by atomic mass is 35.5. The first-order valence-corrected chi connectivity index (χ1v) is 53.1. The molecule has 5 aliphatic heterocycles. The van der Waals surface area contributed by atoms with E-state index in [2.05, 4.69) is 138 Å². The van der Waals surface area contributed by atoms with E-state index >= 15 is 0 Å². The highest BCUT2D eigenvalue weighted by molar-refractivity contribution is 7.80. The van der Waals surface area contributed by atoms with Gasteiger partial charge < -0.3 is 51.4 Å². The van der Waals surface area contributed by atoms with Crippen molar-refractivity contribution in [1.29, 1.82) is 0 Å². The van der Waals surface area contributed by atoms with Gasteiger partial charge in [-0.15, -0.1) is 69.6 Å². The maximum atomic E-state index is 12.8. The summed E-state index contributed by atoms with van der Waals surface area (Å²) in [4.78, 5) is 99.3. The third-order valence-electron chi connectivity index (χ3n) is 25.3. The van der Waals surface area contributed by atoms with E-state index in [4.69, 9.17) is 51.9 Å². The minimum absolute atomic E-state index is 0.0160. The number of aryl methyl sites for hydroxylation is 3. The number of rotatable bonds is 16. The molecule has 5 fully saturated rings. The Morgan fingerprint density at radius 3 is 0.965 bits per heavy atom. The summed E-state index contributed by atoms with van der Waals surface area (Å²) >= 11 is 16.8. The zero-order valence-electron chi connectivity index (χ0n) is 83.4. The van der Waals surface area contributed by atoms with Crippen LogP contribution in [0.2, 0.25) is 0 Å². The number of carboxylic acids is 1. The number of nitrogens with zero attached hydrogens (tertiary/aromatic N) is 14. The second-order valence-electron chi connectivity index (χ2n) is 38.2. The van der Waals surface area contributed by atoms with Crippen molar-refractivity contribution in [3.8, 4) is 17.1 Å². The Balaban J connectivity index is 0.000000137. The summed E-state index contributed by atoms with van der Waals surface area (Å²) in [6, 6.07) is 70.6. The number of piperidine rings is 5. The molecule has 15 aromatic rings. The lowest BCUT2D eigenvalue weighted by molar-refractivity contribution is -0.143. The number of likely N-dealkylation sites (tertiary alicyclic amines) is 4. The number of carbonyl (C=O) groups is 6. The van der Waals surface area contributed by atoms with Crippen LogP contribution in [0.5, 0.6) is 0 Å². The van der Waals surface area contributed by atoms with Gasteiger partial charge in [-0.3, -0.25) is 29.0 Å². The van der Waals surface area contributed by atoms with E-state index in [0.717, 1.165) is 192 Å². The Morgan fingerprint density at radius 1 is 0.399 bits per heavy atom. The van der Waals surface area contributed by atoms with Crippen molar-refractivity contribution in [2.45, 2.75) is 187 Å². The molecule has 0 bridgehead atoms. The number of alkyl halides is 1. The number of nitrogens with two attached hydrogens (primary N) is 1. The summed E-state index contributed by atoms with van der Waals surface area (Å²) in [6.07, 6.45) is 9.01. The normalized spacial score (nSPS) is 15.3. The zero-order chi connectivity index (χ0) is 101. The van der Waals surface area contributed by atoms with Crippen LogP contribution < -0.4 is 27.0 Å². The van der Waals surface area contributed by atoms with E-state index in [1.807, 2.05) is 242 Å². The van der Waals surface area contributed by atoms with Crippen molar-refractivity contribution in [1.82, 2.24) is 74.2 Å². The van der Waals surface area contributed by atoms with Crippen LogP contribution in [0.1, 0.15) is 184 Å². The Bertz CT molecular complexity index is 6400. The number of hydrogen-bond donors (Lipinski definition) is 7. The number of carbonyl (C=O) groups excluding carboxylic acids is 5. The van der Waals surface area contributed by atoms with Crippen LogP contribution in [0.4, 0.5) is 32.3 Å². The number of thiol groups is 1. The molecule has 5 saturated heterocycles. The molecule has 7 N–H and O–H groups in total. The van der Waals surface area contributed by atoms with Gasteiger partial charge in [0.25, 0.3) is 0 Å². The fraction of sp³-hybridized carbons (Fsp3) is 0.385. The average molecular weight is 2050 g/mol. The second kappa shape index (κ2) is 50.3. The van der Waals surface area contributed by atoms with Crippen molar-refractivity contribution in [3.05, 3.63) is 267 Å². The molecule has 0 spiro atoms. The quantitative estimate of drug-likeness (QED) is 0.0268. The number of amides is 5. The van der Waals surface area contributed by atoms with Gasteiger partial charge in [0.1, 0.15) is 17.1 Å². The third kappa shape index (κ3) is 29.7. The first-order valence-electron chi connectivity index (χ1n) is 48.9. The number of nitrogens with one attached hydrogen (secondary N) is 4. The molecule has 7 aromatic heterocycles. The second-order valence-corrected chi connectivity index (χ2v) is 43.2. The highest BCUT2D eigenvalue weighted by Gasteiger charge is 2.34. The fourth-order valence-electron chi connectivity index (χ4n) is 17.6. The number of nitrogen functional groups attached to an aromatic ring is 1. The molecule has 8 aromatic carbocycles. The number of halogens is 1. The first kappa shape index (κ1) is 106. The predicted octanol–water partition coefficient (Wildman–Crippen LogP) is 23.0. The van der Waals surface area contributed by atoms with E-state index in [-0.39, 0.29) is 41.7 Å². The summed E-state index contributed by atoms with van der Waals surface area (Å²) < 4.78 is 21.3. The van der Waals surface area contributed by atoms with Crippen LogP contribution in [-0.4, -0.2) is 205 Å². The molecule has 0 saturated carbocycles. The number of aromatic nitrogens is 10. The molecule has 0 radical (unpaired) electrons. The molecule has 143 heavy (non-hydrogen) atoms. The maximum absolute atomic E-state index is 12.8. The van der Waals surface area contributed by atoms with Crippen LogP contribution in [-0.2, 0) is 28.7 Å². The Labute approximate surface area is 863 Å². The Kier molecular flexibility index (Phi) is 37.4. The molecule has 752 valence electrons. The number of carboxylic acid groups (broad SMARTS) is 1. The number of hydrogen-bond acceptors (Lipinski definition) is 24. The lowest BCUT2D eigenvalue weighted by Crippen LogP contribution is -2.42. The molecule has 0 atom stereocenters. The van der Waals surface area contributed by atoms with E-state index in [9.17, 15) is 28.8 Å². The van der Waals surface area contributed by atoms with Gasteiger partial charge in [0.15, 0.2) is 0 Å². The van der Waals surface area contributed by atoms with Gasteiger partial charge in [0, 0.05) is 60.4 Å². The molecular weight excluding hydrogens is 1920 g/mol. The van der Waals surface area contributed by atoms with Crippen LogP contribution in [0.3, 0.4) is 0 Å². The predicted molar refractivity (Wildman–Crippen MR) is 582 cm³/mol. The molecule has 5 amide bonds. The molecule has 28 nitrogen and oxygen atoms in total. The molecule has 0 aliphatic carbocycles. The number of anilines is 4. The monoisotopic (exact) mass is 2040 g/mol. The van der Waals surface area contributed by atoms with Crippen molar-refractivity contribution < 1.29 is 43.3 Å². The number of ether oxygens (including phenoxy) is 2. The molecule has 0 unspecified atom stereocenters. The van der Waals surface area contributed by atoms with Gasteiger partial charge in [-0.25, -0.2) is 43.6 Å². The number of fused-ring (bicyclic) bond motifs is 4. The zero-order valence-corrected chi connectivity index (χ0v) is 88.3. The topological polar surface area (TPSA) is 333 Å². The lowest BCUT2D eigenvalue weighted by Gasteiger charge is -2.32. The Morgan fingerprint density at radius 2 is 0.678 bits per heavy atom. The number of aliphatic carboxylic acids is 1. The fourth-order valence-corrected chi connectivity index (χ4v) is 22.4. The smallest absolute Gasteiger partial charge is 0.410 e. The minimum Gasteiger partial charge on any atom is -0.481 e.